The van der Waals surface area contributed by atoms with Crippen LogP contribution in [0.3, 0.4) is 0 Å². The average Bonchev–Trinajstić information content (AvgIpc) is 3.53. The number of benzene rings is 1. The molecule has 7 nitrogen and oxygen atoms in total. The molecule has 3 aliphatic rings. The lowest BCUT2D eigenvalue weighted by Gasteiger charge is -2.38. The minimum atomic E-state index is 0.0943. The van der Waals surface area contributed by atoms with E-state index in [1.54, 1.807) is 4.90 Å². The quantitative estimate of drug-likeness (QED) is 0.751. The summed E-state index contributed by atoms with van der Waals surface area (Å²) in [4.78, 5) is 3.35. The molecule has 1 aliphatic heterocycles. The van der Waals surface area contributed by atoms with Crippen LogP contribution < -0.4 is 9.80 Å². The van der Waals surface area contributed by atoms with Gasteiger partial charge in [0.25, 0.3) is 0 Å². The van der Waals surface area contributed by atoms with Crippen molar-refractivity contribution in [2.24, 2.45) is 0 Å². The Morgan fingerprint density at radius 2 is 1.71 bits per heavy atom. The summed E-state index contributed by atoms with van der Waals surface area (Å²) in [7, 11) is 0. The Morgan fingerprint density at radius 1 is 0.968 bits per heavy atom. The highest BCUT2D eigenvalue weighted by Gasteiger charge is 2.38. The van der Waals surface area contributed by atoms with E-state index in [1.807, 2.05) is 23.1 Å². The fourth-order valence-corrected chi connectivity index (χ4v) is 6.25. The van der Waals surface area contributed by atoms with Gasteiger partial charge in [0.15, 0.2) is 6.04 Å². The summed E-state index contributed by atoms with van der Waals surface area (Å²) in [5.74, 6) is 0.984. The van der Waals surface area contributed by atoms with Gasteiger partial charge in [0.2, 0.25) is 5.82 Å². The molecule has 31 heavy (non-hydrogen) atoms. The maximum Gasteiger partial charge on any atom is 0.214 e. The van der Waals surface area contributed by atoms with Crippen molar-refractivity contribution in [3.8, 4) is 6.07 Å². The second kappa shape index (κ2) is 9.46. The molecule has 2 N–H and O–H groups in total. The van der Waals surface area contributed by atoms with Crippen molar-refractivity contribution >= 4 is 0 Å². The van der Waals surface area contributed by atoms with Gasteiger partial charge in [-0.1, -0.05) is 31.4 Å². The lowest BCUT2D eigenvalue weighted by molar-refractivity contribution is -1.03. The maximum absolute atomic E-state index is 9.49. The molecule has 2 saturated carbocycles. The Balaban J connectivity index is 1.41. The van der Waals surface area contributed by atoms with E-state index in [1.165, 1.54) is 63.6 Å². The highest BCUT2D eigenvalue weighted by atomic mass is 15.6. The molecule has 1 aromatic carbocycles. The van der Waals surface area contributed by atoms with Crippen LogP contribution in [0.4, 0.5) is 0 Å². The third-order valence-corrected chi connectivity index (χ3v) is 7.92. The van der Waals surface area contributed by atoms with Gasteiger partial charge in [-0.05, 0) is 61.1 Å². The highest BCUT2D eigenvalue weighted by molar-refractivity contribution is 5.35. The summed E-state index contributed by atoms with van der Waals surface area (Å²) >= 11 is 0. The molecule has 0 unspecified atom stereocenters. The molecule has 0 bridgehead atoms. The van der Waals surface area contributed by atoms with Gasteiger partial charge in [-0.15, -0.1) is 5.10 Å². The maximum atomic E-state index is 9.49. The number of hydrogen-bond donors (Lipinski definition) is 2. The van der Waals surface area contributed by atoms with E-state index in [4.69, 9.17) is 0 Å². The Morgan fingerprint density at radius 3 is 2.45 bits per heavy atom. The predicted octanol–water partition coefficient (Wildman–Crippen LogP) is 0.865. The van der Waals surface area contributed by atoms with Crippen LogP contribution in [0.5, 0.6) is 0 Å². The molecule has 164 valence electrons. The molecule has 2 heterocycles. The molecule has 0 amide bonds. The molecule has 7 heteroatoms. The van der Waals surface area contributed by atoms with Crippen molar-refractivity contribution in [3.63, 3.8) is 0 Å². The fourth-order valence-electron chi connectivity index (χ4n) is 6.25. The van der Waals surface area contributed by atoms with Gasteiger partial charge in [0.1, 0.15) is 26.2 Å². The first-order valence-electron chi connectivity index (χ1n) is 12.3. The number of tetrazole rings is 1. The van der Waals surface area contributed by atoms with Gasteiger partial charge in [-0.2, -0.15) is 5.26 Å². The predicted molar refractivity (Wildman–Crippen MR) is 117 cm³/mol. The Labute approximate surface area is 185 Å². The van der Waals surface area contributed by atoms with Gasteiger partial charge < -0.3 is 9.80 Å². The zero-order chi connectivity index (χ0) is 21.0. The third-order valence-electron chi connectivity index (χ3n) is 7.92. The van der Waals surface area contributed by atoms with E-state index in [0.717, 1.165) is 37.8 Å². The SMILES string of the molecule is N#Cc1cccc([C@H](c2nnnn2C2CCCC2)[NH+]2CC[NH+](C3CCCCC3)CC2)c1. The Kier molecular flexibility index (Phi) is 6.28. The Hall–Kier alpha value is -2.30. The smallest absolute Gasteiger partial charge is 0.214 e. The number of piperazine rings is 1. The van der Waals surface area contributed by atoms with Gasteiger partial charge in [0, 0.05) is 5.56 Å². The molecule has 1 saturated heterocycles. The van der Waals surface area contributed by atoms with Crippen LogP contribution in [0.25, 0.3) is 0 Å². The lowest BCUT2D eigenvalue weighted by Crippen LogP contribution is -3.29. The van der Waals surface area contributed by atoms with E-state index in [2.05, 4.69) is 32.3 Å². The van der Waals surface area contributed by atoms with Crippen LogP contribution in [-0.2, 0) is 0 Å². The molecule has 0 radical (unpaired) electrons. The number of aromatic nitrogens is 4. The van der Waals surface area contributed by atoms with Crippen molar-refractivity contribution in [3.05, 3.63) is 41.2 Å². The molecule has 1 aromatic heterocycles. The Bertz CT molecular complexity index is 897. The number of nitrogens with one attached hydrogen (secondary N) is 2. The first kappa shape index (κ1) is 20.6. The van der Waals surface area contributed by atoms with Crippen LogP contribution in [-0.4, -0.2) is 52.4 Å². The highest BCUT2D eigenvalue weighted by Crippen LogP contribution is 2.31. The van der Waals surface area contributed by atoms with Gasteiger partial charge in [-0.3, -0.25) is 0 Å². The zero-order valence-corrected chi connectivity index (χ0v) is 18.5. The average molecular weight is 422 g/mol. The lowest BCUT2D eigenvalue weighted by atomic mass is 9.93. The third kappa shape index (κ3) is 4.37. The second-order valence-electron chi connectivity index (χ2n) is 9.74. The number of rotatable bonds is 5. The van der Waals surface area contributed by atoms with Gasteiger partial charge in [0.05, 0.1) is 23.7 Å². The van der Waals surface area contributed by atoms with E-state index in [-0.39, 0.29) is 6.04 Å². The van der Waals surface area contributed by atoms with Crippen LogP contribution in [0.2, 0.25) is 0 Å². The van der Waals surface area contributed by atoms with Crippen molar-refractivity contribution in [2.45, 2.75) is 75.9 Å². The van der Waals surface area contributed by atoms with E-state index >= 15 is 0 Å². The zero-order valence-electron chi connectivity index (χ0n) is 18.5. The summed E-state index contributed by atoms with van der Waals surface area (Å²) in [5.41, 5.74) is 1.89. The normalized spacial score (nSPS) is 26.5. The largest absolute Gasteiger partial charge is 0.323 e. The number of nitrogens with zero attached hydrogens (tertiary/aromatic N) is 5. The summed E-state index contributed by atoms with van der Waals surface area (Å²) < 4.78 is 2.12. The fraction of sp³-hybridized carbons (Fsp3) is 0.667. The van der Waals surface area contributed by atoms with Crippen molar-refractivity contribution in [1.82, 2.24) is 20.2 Å². The van der Waals surface area contributed by atoms with Crippen LogP contribution in [0, 0.1) is 11.3 Å². The van der Waals surface area contributed by atoms with Crippen molar-refractivity contribution in [2.75, 3.05) is 26.2 Å². The topological polar surface area (TPSA) is 76.3 Å². The molecule has 2 aliphatic carbocycles. The standard InChI is InChI=1S/C24H33N7/c25-18-19-7-6-8-20(17-19)23(24-26-27-28-31(24)22-11-4-5-12-22)30-15-13-29(14-16-30)21-9-2-1-3-10-21/h6-8,17,21-23H,1-5,9-16H2/p+2/t23-/m1/s1. The molecule has 0 spiro atoms. The summed E-state index contributed by atoms with van der Waals surface area (Å²) in [6, 6.07) is 11.8. The van der Waals surface area contributed by atoms with Crippen LogP contribution in [0.1, 0.15) is 86.8 Å². The monoisotopic (exact) mass is 421 g/mol. The molecular formula is C24H35N7+2. The minimum absolute atomic E-state index is 0.0943. The molecule has 5 rings (SSSR count). The summed E-state index contributed by atoms with van der Waals surface area (Å²) in [6.45, 7) is 4.70. The first-order chi connectivity index (χ1) is 15.3. The second-order valence-corrected chi connectivity index (χ2v) is 9.74. The number of quaternary nitrogens is 2. The molecule has 2 aromatic rings. The van der Waals surface area contributed by atoms with E-state index < -0.39 is 0 Å². The molecular weight excluding hydrogens is 386 g/mol. The van der Waals surface area contributed by atoms with Crippen molar-refractivity contribution in [1.29, 1.82) is 5.26 Å². The number of hydrogen-bond acceptors (Lipinski definition) is 4. The van der Waals surface area contributed by atoms with Gasteiger partial charge >= 0.3 is 0 Å². The summed E-state index contributed by atoms with van der Waals surface area (Å²) in [6.07, 6.45) is 11.9. The van der Waals surface area contributed by atoms with Crippen LogP contribution in [0.15, 0.2) is 24.3 Å². The van der Waals surface area contributed by atoms with E-state index in [9.17, 15) is 5.26 Å². The minimum Gasteiger partial charge on any atom is -0.323 e. The van der Waals surface area contributed by atoms with Crippen molar-refractivity contribution < 1.29 is 9.80 Å². The summed E-state index contributed by atoms with van der Waals surface area (Å²) in [5, 5.41) is 22.6. The van der Waals surface area contributed by atoms with E-state index in [0.29, 0.717) is 11.6 Å². The molecule has 1 atom stereocenters. The molecule has 3 fully saturated rings. The van der Waals surface area contributed by atoms with Gasteiger partial charge in [-0.25, -0.2) is 4.68 Å². The first-order valence-corrected chi connectivity index (χ1v) is 12.3. The van der Waals surface area contributed by atoms with Crippen LogP contribution >= 0.6 is 0 Å². The number of nitriles is 1.